The highest BCUT2D eigenvalue weighted by Gasteiger charge is 2.15. The summed E-state index contributed by atoms with van der Waals surface area (Å²) in [6, 6.07) is 0. The van der Waals surface area contributed by atoms with E-state index in [-0.39, 0.29) is 0 Å². The molecule has 0 saturated heterocycles. The molecule has 3 heteroatoms. The van der Waals surface area contributed by atoms with Crippen molar-refractivity contribution in [1.82, 2.24) is 0 Å². The highest BCUT2D eigenvalue weighted by Crippen LogP contribution is 2.07. The van der Waals surface area contributed by atoms with Gasteiger partial charge in [0.2, 0.25) is 6.08 Å². The van der Waals surface area contributed by atoms with Crippen LogP contribution in [0, 0.1) is 0 Å². The lowest BCUT2D eigenvalue weighted by Gasteiger charge is -2.15. The molecule has 0 saturated carbocycles. The zero-order valence-electron chi connectivity index (χ0n) is 6.26. The second-order valence-electron chi connectivity index (χ2n) is 2.49. The fourth-order valence-electron chi connectivity index (χ4n) is 0.419. The number of carbonyl (C=O) groups excluding carboxylic acids is 1. The fourth-order valence-corrected chi connectivity index (χ4v) is 0.419. The fraction of sp³-hybridized carbons (Fsp3) is 0.571. The second-order valence-corrected chi connectivity index (χ2v) is 2.49. The van der Waals surface area contributed by atoms with Gasteiger partial charge in [0, 0.05) is 0 Å². The van der Waals surface area contributed by atoms with Crippen LogP contribution in [0.2, 0.25) is 0 Å². The van der Waals surface area contributed by atoms with Crippen molar-refractivity contribution in [2.75, 3.05) is 6.61 Å². The Kier molecular flexibility index (Phi) is 3.44. The van der Waals surface area contributed by atoms with Crippen molar-refractivity contribution >= 4 is 6.08 Å². The summed E-state index contributed by atoms with van der Waals surface area (Å²) >= 11 is 0. The van der Waals surface area contributed by atoms with E-state index >= 15 is 0 Å². The molecule has 0 spiro atoms. The van der Waals surface area contributed by atoms with E-state index in [0.717, 1.165) is 0 Å². The molecule has 0 atom stereocenters. The van der Waals surface area contributed by atoms with Gasteiger partial charge in [0.1, 0.15) is 12.1 Å². The van der Waals surface area contributed by atoms with Crippen LogP contribution < -0.4 is 0 Å². The van der Waals surface area contributed by atoms with Gasteiger partial charge in [-0.15, -0.1) is 0 Å². The van der Waals surface area contributed by atoms with Gasteiger partial charge >= 0.3 is 0 Å². The van der Waals surface area contributed by atoms with Gasteiger partial charge in [-0.2, -0.15) is 4.99 Å². The lowest BCUT2D eigenvalue weighted by atomic mass is 10.1. The monoisotopic (exact) mass is 141 g/mol. The maximum atomic E-state index is 9.81. The van der Waals surface area contributed by atoms with E-state index in [9.17, 15) is 4.79 Å². The van der Waals surface area contributed by atoms with E-state index < -0.39 is 5.54 Å². The van der Waals surface area contributed by atoms with Crippen molar-refractivity contribution in [2.45, 2.75) is 19.4 Å². The van der Waals surface area contributed by atoms with E-state index in [2.05, 4.69) is 11.6 Å². The Morgan fingerprint density at radius 1 is 1.80 bits per heavy atom. The third-order valence-corrected chi connectivity index (χ3v) is 0.903. The first-order valence-corrected chi connectivity index (χ1v) is 2.94. The molecule has 0 aromatic carbocycles. The second kappa shape index (κ2) is 3.85. The number of ether oxygens (including phenoxy) is 1. The predicted molar refractivity (Wildman–Crippen MR) is 38.3 cm³/mol. The number of hydrogen-bond donors (Lipinski definition) is 0. The van der Waals surface area contributed by atoms with Gasteiger partial charge < -0.3 is 4.74 Å². The first-order valence-electron chi connectivity index (χ1n) is 2.94. The van der Waals surface area contributed by atoms with Gasteiger partial charge in [0.15, 0.2) is 0 Å². The van der Waals surface area contributed by atoms with Gasteiger partial charge in [-0.25, -0.2) is 4.79 Å². The van der Waals surface area contributed by atoms with Crippen LogP contribution in [-0.2, 0) is 9.53 Å². The summed E-state index contributed by atoms with van der Waals surface area (Å²) in [6.45, 7) is 7.27. The molecule has 0 rings (SSSR count). The third-order valence-electron chi connectivity index (χ3n) is 0.903. The van der Waals surface area contributed by atoms with Crippen molar-refractivity contribution in [3.05, 3.63) is 12.8 Å². The van der Waals surface area contributed by atoms with Crippen molar-refractivity contribution in [2.24, 2.45) is 4.99 Å². The van der Waals surface area contributed by atoms with Crippen molar-refractivity contribution in [3.63, 3.8) is 0 Å². The Morgan fingerprint density at radius 2 is 2.40 bits per heavy atom. The smallest absolute Gasteiger partial charge is 0.235 e. The van der Waals surface area contributed by atoms with Crippen LogP contribution >= 0.6 is 0 Å². The van der Waals surface area contributed by atoms with E-state index in [4.69, 9.17) is 4.74 Å². The van der Waals surface area contributed by atoms with E-state index in [1.807, 2.05) is 0 Å². The molecule has 0 aliphatic heterocycles. The zero-order valence-corrected chi connectivity index (χ0v) is 6.26. The molecule has 0 radical (unpaired) electrons. The zero-order chi connectivity index (χ0) is 8.04. The van der Waals surface area contributed by atoms with Gasteiger partial charge in [-0.05, 0) is 13.8 Å². The van der Waals surface area contributed by atoms with Gasteiger partial charge in [-0.3, -0.25) is 0 Å². The molecule has 0 heterocycles. The molecule has 0 aromatic rings. The number of hydrogen-bond acceptors (Lipinski definition) is 3. The maximum absolute atomic E-state index is 9.81. The van der Waals surface area contributed by atoms with Crippen LogP contribution in [0.5, 0.6) is 0 Å². The molecule has 0 N–H and O–H groups in total. The average Bonchev–Trinajstić information content (AvgIpc) is 1.84. The first-order chi connectivity index (χ1) is 4.62. The lowest BCUT2D eigenvalue weighted by molar-refractivity contribution is 0.192. The molecule has 3 nitrogen and oxygen atoms in total. The lowest BCUT2D eigenvalue weighted by Crippen LogP contribution is -2.22. The van der Waals surface area contributed by atoms with Crippen LogP contribution in [0.1, 0.15) is 13.8 Å². The minimum Gasteiger partial charge on any atom is -0.499 e. The van der Waals surface area contributed by atoms with Crippen molar-refractivity contribution in [3.8, 4) is 0 Å². The summed E-state index contributed by atoms with van der Waals surface area (Å²) in [6.07, 6.45) is 2.80. The minimum absolute atomic E-state index is 0.353. The van der Waals surface area contributed by atoms with E-state index in [1.54, 1.807) is 13.8 Å². The highest BCUT2D eigenvalue weighted by molar-refractivity contribution is 5.34. The van der Waals surface area contributed by atoms with Gasteiger partial charge in [-0.1, -0.05) is 6.58 Å². The highest BCUT2D eigenvalue weighted by atomic mass is 16.5. The Hall–Kier alpha value is -1.08. The Balaban J connectivity index is 3.85. The quantitative estimate of drug-likeness (QED) is 0.336. The average molecular weight is 141 g/mol. The van der Waals surface area contributed by atoms with Gasteiger partial charge in [0.05, 0.1) is 6.26 Å². The molecule has 0 aliphatic rings. The first kappa shape index (κ1) is 8.92. The van der Waals surface area contributed by atoms with E-state index in [1.165, 1.54) is 12.3 Å². The largest absolute Gasteiger partial charge is 0.499 e. The van der Waals surface area contributed by atoms with Crippen LogP contribution in [0.3, 0.4) is 0 Å². The van der Waals surface area contributed by atoms with Gasteiger partial charge in [0.25, 0.3) is 0 Å². The SMILES string of the molecule is C=COCC(C)(C)N=C=O. The van der Waals surface area contributed by atoms with Crippen LogP contribution in [0.25, 0.3) is 0 Å². The predicted octanol–water partition coefficient (Wildman–Crippen LogP) is 1.26. The minimum atomic E-state index is -0.490. The number of nitrogens with zero attached hydrogens (tertiary/aromatic N) is 1. The molecule has 56 valence electrons. The molecule has 0 amide bonds. The van der Waals surface area contributed by atoms with E-state index in [0.29, 0.717) is 6.61 Å². The van der Waals surface area contributed by atoms with Crippen molar-refractivity contribution in [1.29, 1.82) is 0 Å². The third kappa shape index (κ3) is 3.87. The van der Waals surface area contributed by atoms with Crippen molar-refractivity contribution < 1.29 is 9.53 Å². The molecule has 0 aromatic heterocycles. The van der Waals surface area contributed by atoms with Crippen LogP contribution in [-0.4, -0.2) is 18.2 Å². The standard InChI is InChI=1S/C7H11NO2/c1-4-10-5-7(2,3)8-6-9/h4H,1,5H2,2-3H3. The molecule has 0 aliphatic carbocycles. The number of isocyanates is 1. The molecule has 0 fully saturated rings. The van der Waals surface area contributed by atoms with Crippen LogP contribution in [0.15, 0.2) is 17.8 Å². The summed E-state index contributed by atoms with van der Waals surface area (Å²) < 4.78 is 4.84. The number of rotatable bonds is 4. The topological polar surface area (TPSA) is 38.7 Å². The summed E-state index contributed by atoms with van der Waals surface area (Å²) in [4.78, 5) is 13.3. The summed E-state index contributed by atoms with van der Waals surface area (Å²) in [5.74, 6) is 0. The molecular weight excluding hydrogens is 130 g/mol. The Morgan fingerprint density at radius 3 is 2.80 bits per heavy atom. The summed E-state index contributed by atoms with van der Waals surface area (Å²) in [5.41, 5.74) is -0.490. The summed E-state index contributed by atoms with van der Waals surface area (Å²) in [5, 5.41) is 0. The molecule has 0 bridgehead atoms. The van der Waals surface area contributed by atoms with Crippen LogP contribution in [0.4, 0.5) is 0 Å². The normalized spacial score (nSPS) is 9.80. The Bertz CT molecular complexity index is 157. The Labute approximate surface area is 60.4 Å². The maximum Gasteiger partial charge on any atom is 0.235 e. The number of aliphatic imine (C=N–C) groups is 1. The molecule has 0 unspecified atom stereocenters. The molecular formula is C7H11NO2. The molecule has 10 heavy (non-hydrogen) atoms. The summed E-state index contributed by atoms with van der Waals surface area (Å²) in [7, 11) is 0.